The Morgan fingerprint density at radius 1 is 1.14 bits per heavy atom. The Morgan fingerprint density at radius 3 is 2.72 bits per heavy atom. The highest BCUT2D eigenvalue weighted by atomic mass is 35.5. The molecule has 0 radical (unpaired) electrons. The normalized spacial score (nSPS) is 15.7. The highest BCUT2D eigenvalue weighted by Crippen LogP contribution is 2.36. The van der Waals surface area contributed by atoms with Gasteiger partial charge < -0.3 is 10.3 Å². The van der Waals surface area contributed by atoms with E-state index in [0.29, 0.717) is 10.8 Å². The van der Waals surface area contributed by atoms with Crippen LogP contribution < -0.4 is 10.9 Å². The van der Waals surface area contributed by atoms with Crippen LogP contribution in [0.2, 0.25) is 5.02 Å². The summed E-state index contributed by atoms with van der Waals surface area (Å²) in [4.78, 5) is 31.9. The molecule has 3 aromatic rings. The van der Waals surface area contributed by atoms with E-state index in [4.69, 9.17) is 11.6 Å². The van der Waals surface area contributed by atoms with Crippen LogP contribution in [0.5, 0.6) is 0 Å². The van der Waals surface area contributed by atoms with E-state index in [-0.39, 0.29) is 28.5 Å². The predicted octanol–water partition coefficient (Wildman–Crippen LogP) is 4.47. The van der Waals surface area contributed by atoms with Crippen molar-refractivity contribution in [1.82, 2.24) is 9.97 Å². The molecule has 1 aromatic heterocycles. The lowest BCUT2D eigenvalue weighted by atomic mass is 9.86. The number of rotatable bonds is 4. The number of anilines is 1. The fourth-order valence-electron chi connectivity index (χ4n) is 3.24. The smallest absolute Gasteiger partial charge is 0.257 e. The molecule has 1 atom stereocenters. The highest BCUT2D eigenvalue weighted by Gasteiger charge is 2.33. The fraction of sp³-hybridized carbons (Fsp3) is 0.150. The largest absolute Gasteiger partial charge is 0.310 e. The number of nitrogens with one attached hydrogen (secondary N) is 2. The van der Waals surface area contributed by atoms with E-state index >= 15 is 0 Å². The second-order valence-corrected chi connectivity index (χ2v) is 7.83. The third-order valence-electron chi connectivity index (χ3n) is 4.61. The van der Waals surface area contributed by atoms with Crippen molar-refractivity contribution in [3.05, 3.63) is 86.2 Å². The molecule has 29 heavy (non-hydrogen) atoms. The van der Waals surface area contributed by atoms with Gasteiger partial charge in [0.25, 0.3) is 5.56 Å². The highest BCUT2D eigenvalue weighted by molar-refractivity contribution is 7.98. The molecule has 0 unspecified atom stereocenters. The van der Waals surface area contributed by atoms with Crippen molar-refractivity contribution >= 4 is 35.1 Å². The maximum atomic E-state index is 14.3. The molecule has 2 N–H and O–H groups in total. The number of hydrogen-bond donors (Lipinski definition) is 2. The van der Waals surface area contributed by atoms with Crippen LogP contribution in [0.15, 0.2) is 52.4 Å². The Hall–Kier alpha value is -2.71. The van der Waals surface area contributed by atoms with E-state index in [0.717, 1.165) is 11.6 Å². The van der Waals surface area contributed by atoms with Gasteiger partial charge in [-0.25, -0.2) is 13.8 Å². The van der Waals surface area contributed by atoms with Crippen LogP contribution in [-0.2, 0) is 10.5 Å². The summed E-state index contributed by atoms with van der Waals surface area (Å²) in [5.41, 5.74) is 0.412. The fourth-order valence-corrected chi connectivity index (χ4v) is 4.38. The minimum Gasteiger partial charge on any atom is -0.310 e. The Bertz CT molecular complexity index is 1170. The second kappa shape index (κ2) is 7.96. The van der Waals surface area contributed by atoms with Crippen LogP contribution in [0, 0.1) is 11.6 Å². The van der Waals surface area contributed by atoms with Gasteiger partial charge in [0.1, 0.15) is 5.82 Å². The van der Waals surface area contributed by atoms with E-state index in [2.05, 4.69) is 15.3 Å². The average molecular weight is 434 g/mol. The van der Waals surface area contributed by atoms with Gasteiger partial charge in [0.05, 0.1) is 5.56 Å². The summed E-state index contributed by atoms with van der Waals surface area (Å²) in [6, 6.07) is 11.0. The molecule has 0 aliphatic carbocycles. The number of thioether (sulfide) groups is 1. The summed E-state index contributed by atoms with van der Waals surface area (Å²) in [5.74, 6) is -2.95. The summed E-state index contributed by atoms with van der Waals surface area (Å²) in [7, 11) is 0. The van der Waals surface area contributed by atoms with Crippen molar-refractivity contribution in [2.45, 2.75) is 23.2 Å². The van der Waals surface area contributed by atoms with Crippen LogP contribution in [0.3, 0.4) is 0 Å². The van der Waals surface area contributed by atoms with Crippen LogP contribution in [0.1, 0.15) is 29.0 Å². The third kappa shape index (κ3) is 3.90. The number of halogens is 3. The Labute approximate surface area is 173 Å². The van der Waals surface area contributed by atoms with Gasteiger partial charge in [-0.05, 0) is 23.3 Å². The van der Waals surface area contributed by atoms with Gasteiger partial charge in [-0.3, -0.25) is 9.59 Å². The lowest BCUT2D eigenvalue weighted by Crippen LogP contribution is -2.31. The number of nitrogens with zero attached hydrogens (tertiary/aromatic N) is 1. The van der Waals surface area contributed by atoms with Crippen LogP contribution in [-0.4, -0.2) is 15.9 Å². The SMILES string of the molecule is O=C1C[C@H](c2cccc(F)c2F)c2c(nc(SCc3ccccc3Cl)[nH]c2=O)N1. The van der Waals surface area contributed by atoms with Crippen LogP contribution in [0.25, 0.3) is 0 Å². The number of H-pyrrole nitrogens is 1. The molecule has 4 rings (SSSR count). The van der Waals surface area contributed by atoms with Crippen molar-refractivity contribution in [2.75, 3.05) is 5.32 Å². The number of hydrogen-bond acceptors (Lipinski definition) is 4. The average Bonchev–Trinajstić information content (AvgIpc) is 2.68. The van der Waals surface area contributed by atoms with Gasteiger partial charge in [0, 0.05) is 23.1 Å². The summed E-state index contributed by atoms with van der Waals surface area (Å²) in [6.07, 6.45) is -0.176. The summed E-state index contributed by atoms with van der Waals surface area (Å²) < 4.78 is 28.0. The molecule has 1 aliphatic heterocycles. The van der Waals surface area contributed by atoms with E-state index in [1.807, 2.05) is 18.2 Å². The topological polar surface area (TPSA) is 74.8 Å². The molecule has 148 valence electrons. The zero-order chi connectivity index (χ0) is 20.5. The molecule has 2 aromatic carbocycles. The van der Waals surface area contributed by atoms with Crippen LogP contribution in [0.4, 0.5) is 14.6 Å². The molecule has 0 bridgehead atoms. The molecular weight excluding hydrogens is 420 g/mol. The summed E-state index contributed by atoms with van der Waals surface area (Å²) >= 11 is 7.38. The molecule has 0 fully saturated rings. The number of amides is 1. The Morgan fingerprint density at radius 2 is 1.93 bits per heavy atom. The van der Waals surface area contributed by atoms with Gasteiger partial charge in [-0.2, -0.15) is 0 Å². The molecule has 0 saturated heterocycles. The first kappa shape index (κ1) is 19.6. The van der Waals surface area contributed by atoms with E-state index in [1.54, 1.807) is 6.07 Å². The lowest BCUT2D eigenvalue weighted by molar-refractivity contribution is -0.116. The molecule has 0 saturated carbocycles. The predicted molar refractivity (Wildman–Crippen MR) is 107 cm³/mol. The molecule has 2 heterocycles. The number of carbonyl (C=O) groups is 1. The monoisotopic (exact) mass is 433 g/mol. The van der Waals surface area contributed by atoms with Crippen molar-refractivity contribution in [2.24, 2.45) is 0 Å². The van der Waals surface area contributed by atoms with Gasteiger partial charge in [0.2, 0.25) is 5.91 Å². The summed E-state index contributed by atoms with van der Waals surface area (Å²) in [6.45, 7) is 0. The maximum absolute atomic E-state index is 14.3. The molecule has 5 nitrogen and oxygen atoms in total. The molecule has 0 spiro atoms. The van der Waals surface area contributed by atoms with Gasteiger partial charge in [-0.15, -0.1) is 0 Å². The number of fused-ring (bicyclic) bond motifs is 1. The zero-order valence-electron chi connectivity index (χ0n) is 14.8. The molecule has 9 heteroatoms. The number of carbonyl (C=O) groups excluding carboxylic acids is 1. The molecular formula is C20H14ClF2N3O2S. The first-order valence-electron chi connectivity index (χ1n) is 8.68. The van der Waals surface area contributed by atoms with E-state index in [1.165, 1.54) is 23.9 Å². The quantitative estimate of drug-likeness (QED) is 0.470. The standard InChI is InChI=1S/C20H14ClF2N3O2S/c21-13-6-2-1-4-10(13)9-29-20-25-18-16(19(28)26-20)12(8-15(27)24-18)11-5-3-7-14(22)17(11)23/h1-7,12H,8-9H2,(H2,24,25,26,27,28)/t12-/m1/s1. The molecule has 1 amide bonds. The van der Waals surface area contributed by atoms with Crippen LogP contribution >= 0.6 is 23.4 Å². The second-order valence-electron chi connectivity index (χ2n) is 6.46. The summed E-state index contributed by atoms with van der Waals surface area (Å²) in [5, 5.41) is 3.44. The minimum atomic E-state index is -1.07. The van der Waals surface area contributed by atoms with Gasteiger partial charge in [-0.1, -0.05) is 53.7 Å². The van der Waals surface area contributed by atoms with Crippen molar-refractivity contribution in [3.63, 3.8) is 0 Å². The number of aromatic amines is 1. The maximum Gasteiger partial charge on any atom is 0.257 e. The Balaban J connectivity index is 1.70. The third-order valence-corrected chi connectivity index (χ3v) is 5.90. The lowest BCUT2D eigenvalue weighted by Gasteiger charge is -2.24. The minimum absolute atomic E-state index is 0.0510. The first-order chi connectivity index (χ1) is 13.9. The van der Waals surface area contributed by atoms with Crippen molar-refractivity contribution < 1.29 is 13.6 Å². The van der Waals surface area contributed by atoms with Crippen molar-refractivity contribution in [1.29, 1.82) is 0 Å². The Kier molecular flexibility index (Phi) is 5.38. The van der Waals surface area contributed by atoms with E-state index in [9.17, 15) is 18.4 Å². The van der Waals surface area contributed by atoms with Crippen molar-refractivity contribution in [3.8, 4) is 0 Å². The zero-order valence-corrected chi connectivity index (χ0v) is 16.4. The molecule has 1 aliphatic rings. The number of aromatic nitrogens is 2. The van der Waals surface area contributed by atoms with Gasteiger partial charge in [0.15, 0.2) is 16.8 Å². The first-order valence-corrected chi connectivity index (χ1v) is 10.0. The number of benzene rings is 2. The van der Waals surface area contributed by atoms with Gasteiger partial charge >= 0.3 is 0 Å². The van der Waals surface area contributed by atoms with E-state index < -0.39 is 29.0 Å².